The van der Waals surface area contributed by atoms with Gasteiger partial charge in [0.05, 0.1) is 0 Å². The molecule has 0 aliphatic heterocycles. The summed E-state index contributed by atoms with van der Waals surface area (Å²) in [6.45, 7) is 2.89. The monoisotopic (exact) mass is 269 g/mol. The highest BCUT2D eigenvalue weighted by atomic mass is 35.5. The van der Waals surface area contributed by atoms with Gasteiger partial charge in [0, 0.05) is 24.1 Å². The van der Waals surface area contributed by atoms with Crippen LogP contribution in [0.25, 0.3) is 0 Å². The predicted molar refractivity (Wildman–Crippen MR) is 73.4 cm³/mol. The summed E-state index contributed by atoms with van der Waals surface area (Å²) in [5.41, 5.74) is 0. The van der Waals surface area contributed by atoms with E-state index in [2.05, 4.69) is 12.2 Å². The Morgan fingerprint density at radius 1 is 1.33 bits per heavy atom. The Balaban J connectivity index is 1.90. The van der Waals surface area contributed by atoms with Gasteiger partial charge in [-0.25, -0.2) is 0 Å². The second kappa shape index (κ2) is 6.41. The first kappa shape index (κ1) is 13.7. The molecule has 1 aromatic rings. The van der Waals surface area contributed by atoms with Crippen LogP contribution in [0.5, 0.6) is 5.75 Å². The fraction of sp³-hybridized carbons (Fsp3) is 0.571. The van der Waals surface area contributed by atoms with Crippen molar-refractivity contribution in [3.05, 3.63) is 29.3 Å². The van der Waals surface area contributed by atoms with E-state index >= 15 is 0 Å². The molecule has 18 heavy (non-hydrogen) atoms. The standard InChI is InChI=1S/C14H20ClNO2/c1-3-8-17-14-12(16-2)9-13(14)18-11-6-4-10(15)5-7-11/h4-7,12-14,16H,3,8-9H2,1-2H3. The van der Waals surface area contributed by atoms with Gasteiger partial charge in [-0.3, -0.25) is 0 Å². The van der Waals surface area contributed by atoms with Crippen molar-refractivity contribution in [3.8, 4) is 5.75 Å². The number of halogens is 1. The molecule has 0 spiro atoms. The van der Waals surface area contributed by atoms with E-state index in [1.807, 2.05) is 31.3 Å². The van der Waals surface area contributed by atoms with Crippen molar-refractivity contribution in [2.45, 2.75) is 38.0 Å². The highest BCUT2D eigenvalue weighted by molar-refractivity contribution is 6.30. The van der Waals surface area contributed by atoms with Crippen LogP contribution in [0, 0.1) is 0 Å². The minimum atomic E-state index is 0.134. The van der Waals surface area contributed by atoms with E-state index in [1.54, 1.807) is 0 Å². The molecule has 1 saturated carbocycles. The van der Waals surface area contributed by atoms with Gasteiger partial charge in [0.2, 0.25) is 0 Å². The largest absolute Gasteiger partial charge is 0.488 e. The average molecular weight is 270 g/mol. The number of benzene rings is 1. The third-order valence-electron chi connectivity index (χ3n) is 3.24. The first-order valence-corrected chi connectivity index (χ1v) is 6.83. The van der Waals surface area contributed by atoms with Crippen molar-refractivity contribution in [1.82, 2.24) is 5.32 Å². The van der Waals surface area contributed by atoms with Crippen LogP contribution in [0.2, 0.25) is 5.02 Å². The molecule has 4 heteroatoms. The Morgan fingerprint density at radius 3 is 2.67 bits per heavy atom. The first-order valence-electron chi connectivity index (χ1n) is 6.45. The van der Waals surface area contributed by atoms with Gasteiger partial charge in [0.25, 0.3) is 0 Å². The quantitative estimate of drug-likeness (QED) is 0.861. The zero-order valence-electron chi connectivity index (χ0n) is 10.9. The maximum atomic E-state index is 5.92. The summed E-state index contributed by atoms with van der Waals surface area (Å²) < 4.78 is 11.7. The molecular formula is C14H20ClNO2. The highest BCUT2D eigenvalue weighted by Gasteiger charge is 2.42. The summed E-state index contributed by atoms with van der Waals surface area (Å²) in [7, 11) is 1.96. The van der Waals surface area contributed by atoms with E-state index in [4.69, 9.17) is 21.1 Å². The molecule has 0 radical (unpaired) electrons. The smallest absolute Gasteiger partial charge is 0.128 e. The van der Waals surface area contributed by atoms with Crippen LogP contribution in [-0.2, 0) is 4.74 Å². The summed E-state index contributed by atoms with van der Waals surface area (Å²) in [4.78, 5) is 0. The van der Waals surface area contributed by atoms with E-state index in [9.17, 15) is 0 Å². The molecule has 1 aliphatic carbocycles. The molecule has 3 unspecified atom stereocenters. The third kappa shape index (κ3) is 3.16. The number of ether oxygens (including phenoxy) is 2. The van der Waals surface area contributed by atoms with E-state index in [0.29, 0.717) is 6.04 Å². The van der Waals surface area contributed by atoms with Crippen LogP contribution in [0.15, 0.2) is 24.3 Å². The summed E-state index contributed by atoms with van der Waals surface area (Å²) in [5, 5.41) is 3.98. The fourth-order valence-electron chi connectivity index (χ4n) is 2.14. The number of hydrogen-bond donors (Lipinski definition) is 1. The summed E-state index contributed by atoms with van der Waals surface area (Å²) >= 11 is 5.85. The van der Waals surface area contributed by atoms with Gasteiger partial charge in [0.1, 0.15) is 18.0 Å². The van der Waals surface area contributed by atoms with Gasteiger partial charge in [-0.15, -0.1) is 0 Å². The molecule has 3 atom stereocenters. The third-order valence-corrected chi connectivity index (χ3v) is 3.49. The Labute approximate surface area is 113 Å². The molecule has 0 amide bonds. The van der Waals surface area contributed by atoms with E-state index in [0.717, 1.165) is 30.2 Å². The van der Waals surface area contributed by atoms with E-state index in [1.165, 1.54) is 0 Å². The zero-order valence-corrected chi connectivity index (χ0v) is 11.6. The van der Waals surface area contributed by atoms with Crippen molar-refractivity contribution >= 4 is 11.6 Å². The van der Waals surface area contributed by atoms with Crippen molar-refractivity contribution in [2.24, 2.45) is 0 Å². The highest BCUT2D eigenvalue weighted by Crippen LogP contribution is 2.29. The first-order chi connectivity index (χ1) is 8.74. The van der Waals surface area contributed by atoms with Crippen molar-refractivity contribution in [1.29, 1.82) is 0 Å². The predicted octanol–water partition coefficient (Wildman–Crippen LogP) is 2.87. The molecule has 1 fully saturated rings. The lowest BCUT2D eigenvalue weighted by molar-refractivity contribution is -0.106. The number of hydrogen-bond acceptors (Lipinski definition) is 3. The molecular weight excluding hydrogens is 250 g/mol. The molecule has 0 aromatic heterocycles. The Bertz CT molecular complexity index is 369. The van der Waals surface area contributed by atoms with Crippen LogP contribution in [0.3, 0.4) is 0 Å². The SMILES string of the molecule is CCCOC1C(NC)CC1Oc1ccc(Cl)cc1. The second-order valence-electron chi connectivity index (χ2n) is 4.58. The van der Waals surface area contributed by atoms with Crippen LogP contribution in [0.4, 0.5) is 0 Å². The lowest BCUT2D eigenvalue weighted by Gasteiger charge is -2.43. The van der Waals surface area contributed by atoms with Gasteiger partial charge >= 0.3 is 0 Å². The van der Waals surface area contributed by atoms with Crippen molar-refractivity contribution < 1.29 is 9.47 Å². The molecule has 0 saturated heterocycles. The van der Waals surface area contributed by atoms with E-state index < -0.39 is 0 Å². The lowest BCUT2D eigenvalue weighted by Crippen LogP contribution is -2.60. The van der Waals surface area contributed by atoms with Gasteiger partial charge in [-0.05, 0) is 37.7 Å². The topological polar surface area (TPSA) is 30.5 Å². The number of rotatable bonds is 6. The van der Waals surface area contributed by atoms with Gasteiger partial charge in [-0.1, -0.05) is 18.5 Å². The van der Waals surface area contributed by atoms with Crippen molar-refractivity contribution in [2.75, 3.05) is 13.7 Å². The average Bonchev–Trinajstić information content (AvgIpc) is 2.36. The minimum Gasteiger partial charge on any atom is -0.488 e. The van der Waals surface area contributed by atoms with Gasteiger partial charge in [0.15, 0.2) is 0 Å². The van der Waals surface area contributed by atoms with Gasteiger partial charge < -0.3 is 14.8 Å². The van der Waals surface area contributed by atoms with Crippen LogP contribution in [-0.4, -0.2) is 31.9 Å². The zero-order chi connectivity index (χ0) is 13.0. The molecule has 2 rings (SSSR count). The Morgan fingerprint density at radius 2 is 2.06 bits per heavy atom. The molecule has 0 heterocycles. The molecule has 1 N–H and O–H groups in total. The molecule has 3 nitrogen and oxygen atoms in total. The fourth-order valence-corrected chi connectivity index (χ4v) is 2.27. The van der Waals surface area contributed by atoms with Crippen LogP contribution >= 0.6 is 11.6 Å². The minimum absolute atomic E-state index is 0.134. The second-order valence-corrected chi connectivity index (χ2v) is 5.01. The lowest BCUT2D eigenvalue weighted by atomic mass is 9.85. The summed E-state index contributed by atoms with van der Waals surface area (Å²) in [6.07, 6.45) is 2.29. The number of likely N-dealkylation sites (N-methyl/N-ethyl adjacent to an activating group) is 1. The van der Waals surface area contributed by atoms with Gasteiger partial charge in [-0.2, -0.15) is 0 Å². The van der Waals surface area contributed by atoms with Crippen LogP contribution < -0.4 is 10.1 Å². The molecule has 1 aromatic carbocycles. The normalized spacial score (nSPS) is 26.7. The molecule has 100 valence electrons. The Kier molecular flexibility index (Phi) is 4.87. The van der Waals surface area contributed by atoms with E-state index in [-0.39, 0.29) is 12.2 Å². The molecule has 0 bridgehead atoms. The number of nitrogens with one attached hydrogen (secondary N) is 1. The Hall–Kier alpha value is -0.770. The maximum Gasteiger partial charge on any atom is 0.128 e. The summed E-state index contributed by atoms with van der Waals surface area (Å²) in [6, 6.07) is 7.87. The molecule has 1 aliphatic rings. The van der Waals surface area contributed by atoms with Crippen molar-refractivity contribution in [3.63, 3.8) is 0 Å². The maximum absolute atomic E-state index is 5.92. The van der Waals surface area contributed by atoms with Crippen LogP contribution in [0.1, 0.15) is 19.8 Å². The summed E-state index contributed by atoms with van der Waals surface area (Å²) in [5.74, 6) is 0.851.